The molecule has 114 valence electrons. The van der Waals surface area contributed by atoms with E-state index in [0.29, 0.717) is 24.5 Å². The van der Waals surface area contributed by atoms with E-state index in [-0.39, 0.29) is 5.91 Å². The van der Waals surface area contributed by atoms with Crippen LogP contribution in [0.2, 0.25) is 0 Å². The topological polar surface area (TPSA) is 80.5 Å². The SMILES string of the molecule is Nc1ccncc1C(=O)Nc1ccccc1N1CCOCC1. The number of morpholine rings is 1. The number of amides is 1. The van der Waals surface area contributed by atoms with Gasteiger partial charge < -0.3 is 20.7 Å². The molecule has 0 bridgehead atoms. The van der Waals surface area contributed by atoms with Crippen LogP contribution < -0.4 is 16.0 Å². The standard InChI is InChI=1S/C16H18N4O2/c17-13-5-6-18-11-12(13)16(21)19-14-3-1-2-4-15(14)20-7-9-22-10-8-20/h1-6,11H,7-10H2,(H2,17,18)(H,19,21). The van der Waals surface area contributed by atoms with Crippen molar-refractivity contribution in [1.82, 2.24) is 4.98 Å². The van der Waals surface area contributed by atoms with Gasteiger partial charge in [-0.3, -0.25) is 9.78 Å². The maximum Gasteiger partial charge on any atom is 0.259 e. The van der Waals surface area contributed by atoms with Crippen LogP contribution in [0.5, 0.6) is 0 Å². The maximum absolute atomic E-state index is 12.4. The van der Waals surface area contributed by atoms with Gasteiger partial charge in [0.25, 0.3) is 5.91 Å². The van der Waals surface area contributed by atoms with Crippen LogP contribution in [0.3, 0.4) is 0 Å². The second kappa shape index (κ2) is 6.44. The van der Waals surface area contributed by atoms with Crippen molar-refractivity contribution >= 4 is 23.0 Å². The molecule has 1 saturated heterocycles. The Labute approximate surface area is 128 Å². The van der Waals surface area contributed by atoms with Crippen molar-refractivity contribution in [3.63, 3.8) is 0 Å². The summed E-state index contributed by atoms with van der Waals surface area (Å²) in [5.41, 5.74) is 8.37. The number of pyridine rings is 1. The van der Waals surface area contributed by atoms with E-state index in [9.17, 15) is 4.79 Å². The Morgan fingerprint density at radius 3 is 2.77 bits per heavy atom. The third-order valence-corrected chi connectivity index (χ3v) is 3.60. The minimum atomic E-state index is -0.258. The minimum Gasteiger partial charge on any atom is -0.398 e. The normalized spacial score (nSPS) is 14.6. The minimum absolute atomic E-state index is 0.258. The highest BCUT2D eigenvalue weighted by atomic mass is 16.5. The maximum atomic E-state index is 12.4. The fourth-order valence-corrected chi connectivity index (χ4v) is 2.44. The van der Waals surface area contributed by atoms with E-state index < -0.39 is 0 Å². The summed E-state index contributed by atoms with van der Waals surface area (Å²) < 4.78 is 5.37. The van der Waals surface area contributed by atoms with Crippen molar-refractivity contribution in [2.24, 2.45) is 0 Å². The second-order valence-corrected chi connectivity index (χ2v) is 5.03. The summed E-state index contributed by atoms with van der Waals surface area (Å²) >= 11 is 0. The first-order chi connectivity index (χ1) is 10.8. The lowest BCUT2D eigenvalue weighted by atomic mass is 10.2. The zero-order valence-corrected chi connectivity index (χ0v) is 12.2. The van der Waals surface area contributed by atoms with Crippen LogP contribution in [0.1, 0.15) is 10.4 Å². The quantitative estimate of drug-likeness (QED) is 0.902. The number of carbonyl (C=O) groups excluding carboxylic acids is 1. The van der Waals surface area contributed by atoms with Gasteiger partial charge in [0.1, 0.15) is 0 Å². The molecule has 3 N–H and O–H groups in total. The lowest BCUT2D eigenvalue weighted by Crippen LogP contribution is -2.36. The summed E-state index contributed by atoms with van der Waals surface area (Å²) in [5, 5.41) is 2.92. The summed E-state index contributed by atoms with van der Waals surface area (Å²) in [6, 6.07) is 9.34. The summed E-state index contributed by atoms with van der Waals surface area (Å²) in [6.45, 7) is 3.00. The molecule has 0 radical (unpaired) electrons. The Kier molecular flexibility index (Phi) is 4.20. The highest BCUT2D eigenvalue weighted by Gasteiger charge is 2.17. The highest BCUT2D eigenvalue weighted by Crippen LogP contribution is 2.27. The van der Waals surface area contributed by atoms with Crippen molar-refractivity contribution < 1.29 is 9.53 Å². The Balaban J connectivity index is 1.83. The molecule has 22 heavy (non-hydrogen) atoms. The summed E-state index contributed by atoms with van der Waals surface area (Å²) in [6.07, 6.45) is 3.04. The van der Waals surface area contributed by atoms with Crippen molar-refractivity contribution in [3.05, 3.63) is 48.3 Å². The molecule has 1 aromatic heterocycles. The molecular weight excluding hydrogens is 280 g/mol. The first-order valence-electron chi connectivity index (χ1n) is 7.18. The molecule has 0 atom stereocenters. The number of anilines is 3. The van der Waals surface area contributed by atoms with Gasteiger partial charge in [0.05, 0.1) is 30.2 Å². The second-order valence-electron chi connectivity index (χ2n) is 5.03. The number of hydrogen-bond donors (Lipinski definition) is 2. The van der Waals surface area contributed by atoms with E-state index in [2.05, 4.69) is 15.2 Å². The van der Waals surface area contributed by atoms with E-state index in [1.807, 2.05) is 24.3 Å². The smallest absolute Gasteiger partial charge is 0.259 e. The number of nitrogens with two attached hydrogens (primary N) is 1. The molecule has 2 heterocycles. The van der Waals surface area contributed by atoms with Gasteiger partial charge in [0, 0.05) is 31.2 Å². The fourth-order valence-electron chi connectivity index (χ4n) is 2.44. The van der Waals surface area contributed by atoms with E-state index in [4.69, 9.17) is 10.5 Å². The monoisotopic (exact) mass is 298 g/mol. The number of hydrogen-bond acceptors (Lipinski definition) is 5. The first kappa shape index (κ1) is 14.3. The van der Waals surface area contributed by atoms with Gasteiger partial charge in [0.15, 0.2) is 0 Å². The number of para-hydroxylation sites is 2. The van der Waals surface area contributed by atoms with E-state index in [0.717, 1.165) is 24.5 Å². The van der Waals surface area contributed by atoms with Crippen LogP contribution in [0.4, 0.5) is 17.1 Å². The molecule has 2 aromatic rings. The van der Waals surface area contributed by atoms with Gasteiger partial charge in [-0.05, 0) is 18.2 Å². The van der Waals surface area contributed by atoms with Crippen LogP contribution in [-0.4, -0.2) is 37.2 Å². The molecule has 0 unspecified atom stereocenters. The predicted octanol–water partition coefficient (Wildman–Crippen LogP) is 1.75. The van der Waals surface area contributed by atoms with Crippen LogP contribution in [0, 0.1) is 0 Å². The number of rotatable bonds is 3. The lowest BCUT2D eigenvalue weighted by molar-refractivity contribution is 0.102. The molecule has 0 saturated carbocycles. The van der Waals surface area contributed by atoms with Crippen molar-refractivity contribution in [2.75, 3.05) is 42.3 Å². The Bertz CT molecular complexity index is 669. The van der Waals surface area contributed by atoms with Gasteiger partial charge in [0.2, 0.25) is 0 Å². The number of nitrogens with one attached hydrogen (secondary N) is 1. The molecule has 6 heteroatoms. The average molecular weight is 298 g/mol. The number of nitrogen functional groups attached to an aromatic ring is 1. The molecule has 1 amide bonds. The Morgan fingerprint density at radius 1 is 1.23 bits per heavy atom. The van der Waals surface area contributed by atoms with Crippen molar-refractivity contribution in [2.45, 2.75) is 0 Å². The molecule has 6 nitrogen and oxygen atoms in total. The van der Waals surface area contributed by atoms with Crippen LogP contribution >= 0.6 is 0 Å². The Hall–Kier alpha value is -2.60. The number of carbonyl (C=O) groups is 1. The van der Waals surface area contributed by atoms with E-state index in [1.165, 1.54) is 6.20 Å². The van der Waals surface area contributed by atoms with Crippen molar-refractivity contribution in [3.8, 4) is 0 Å². The van der Waals surface area contributed by atoms with Gasteiger partial charge >= 0.3 is 0 Å². The largest absolute Gasteiger partial charge is 0.398 e. The Morgan fingerprint density at radius 2 is 2.00 bits per heavy atom. The third-order valence-electron chi connectivity index (χ3n) is 3.60. The van der Waals surface area contributed by atoms with E-state index >= 15 is 0 Å². The van der Waals surface area contributed by atoms with Gasteiger partial charge in [-0.15, -0.1) is 0 Å². The molecule has 1 aliphatic heterocycles. The molecule has 1 fully saturated rings. The molecule has 1 aliphatic rings. The zero-order valence-electron chi connectivity index (χ0n) is 12.2. The highest BCUT2D eigenvalue weighted by molar-refractivity contribution is 6.08. The molecule has 0 aliphatic carbocycles. The zero-order chi connectivity index (χ0) is 15.4. The molecule has 0 spiro atoms. The molecular formula is C16H18N4O2. The third kappa shape index (κ3) is 3.01. The summed E-state index contributed by atoms with van der Waals surface area (Å²) in [5.74, 6) is -0.258. The van der Waals surface area contributed by atoms with Gasteiger partial charge in [-0.25, -0.2) is 0 Å². The number of nitrogens with zero attached hydrogens (tertiary/aromatic N) is 2. The van der Waals surface area contributed by atoms with Gasteiger partial charge in [-0.1, -0.05) is 12.1 Å². The summed E-state index contributed by atoms with van der Waals surface area (Å²) in [4.78, 5) is 18.5. The number of ether oxygens (including phenoxy) is 1. The number of benzene rings is 1. The predicted molar refractivity (Wildman–Crippen MR) is 86.1 cm³/mol. The first-order valence-corrected chi connectivity index (χ1v) is 7.18. The molecule has 1 aromatic carbocycles. The van der Waals surface area contributed by atoms with Crippen LogP contribution in [-0.2, 0) is 4.74 Å². The van der Waals surface area contributed by atoms with E-state index in [1.54, 1.807) is 12.3 Å². The fraction of sp³-hybridized carbons (Fsp3) is 0.250. The summed E-state index contributed by atoms with van der Waals surface area (Å²) in [7, 11) is 0. The average Bonchev–Trinajstić information content (AvgIpc) is 2.56. The van der Waals surface area contributed by atoms with Crippen LogP contribution in [0.25, 0.3) is 0 Å². The van der Waals surface area contributed by atoms with Crippen LogP contribution in [0.15, 0.2) is 42.7 Å². The van der Waals surface area contributed by atoms with Gasteiger partial charge in [-0.2, -0.15) is 0 Å². The number of aromatic nitrogens is 1. The lowest BCUT2D eigenvalue weighted by Gasteiger charge is -2.30. The van der Waals surface area contributed by atoms with Crippen molar-refractivity contribution in [1.29, 1.82) is 0 Å². The molecule has 3 rings (SSSR count).